The highest BCUT2D eigenvalue weighted by Gasteiger charge is 2.59. The summed E-state index contributed by atoms with van der Waals surface area (Å²) in [7, 11) is 1.99. The van der Waals surface area contributed by atoms with Crippen molar-refractivity contribution >= 4 is 25.3 Å². The van der Waals surface area contributed by atoms with E-state index in [-0.39, 0.29) is 17.5 Å². The highest BCUT2D eigenvalue weighted by atomic mass is 28.3. The molecule has 32 heavy (non-hydrogen) atoms. The lowest BCUT2D eigenvalue weighted by Gasteiger charge is -2.39. The van der Waals surface area contributed by atoms with Crippen molar-refractivity contribution in [3.8, 4) is 0 Å². The molecule has 7 heteroatoms. The van der Waals surface area contributed by atoms with Crippen LogP contribution in [-0.2, 0) is 19.0 Å². The average molecular weight is 456 g/mol. The summed E-state index contributed by atoms with van der Waals surface area (Å²) in [4.78, 5) is 27.8. The summed E-state index contributed by atoms with van der Waals surface area (Å²) in [5, 5.41) is 1.26. The number of rotatable bonds is 6. The van der Waals surface area contributed by atoms with Crippen LogP contribution in [0.15, 0.2) is 60.7 Å². The third kappa shape index (κ3) is 4.19. The van der Waals surface area contributed by atoms with E-state index in [1.165, 1.54) is 26.5 Å². The number of carbonyl (C=O) groups is 2. The second-order valence-corrected chi connectivity index (χ2v) is 13.6. The van der Waals surface area contributed by atoms with E-state index in [2.05, 4.69) is 32.2 Å². The zero-order valence-corrected chi connectivity index (χ0v) is 20.6. The van der Waals surface area contributed by atoms with Crippen molar-refractivity contribution in [1.82, 2.24) is 4.90 Å². The largest absolute Gasteiger partial charge is 0.467 e. The van der Waals surface area contributed by atoms with E-state index in [1.54, 1.807) is 4.90 Å². The first kappa shape index (κ1) is 24.0. The molecule has 1 fully saturated rings. The molecule has 2 aromatic rings. The van der Waals surface area contributed by atoms with Crippen molar-refractivity contribution in [3.05, 3.63) is 66.2 Å². The molecule has 1 saturated heterocycles. The molecule has 0 spiro atoms. The number of hydrogen-bond donors (Lipinski definition) is 0. The first-order chi connectivity index (χ1) is 15.3. The molecule has 0 bridgehead atoms. The molecule has 5 atom stereocenters. The van der Waals surface area contributed by atoms with Gasteiger partial charge in [-0.05, 0) is 17.0 Å². The molecular weight excluding hydrogens is 422 g/mol. The number of likely N-dealkylation sites (tertiary alicyclic amines) is 1. The van der Waals surface area contributed by atoms with Crippen LogP contribution >= 0.6 is 0 Å². The minimum atomic E-state index is -2.22. The minimum absolute atomic E-state index is 0.0123. The van der Waals surface area contributed by atoms with Crippen LogP contribution < -0.4 is 5.19 Å². The number of hydrogen-bond acceptors (Lipinski definition) is 5. The third-order valence-electron chi connectivity index (χ3n) is 6.93. The Bertz CT molecular complexity index is 920. The van der Waals surface area contributed by atoms with Crippen molar-refractivity contribution in [2.45, 2.75) is 43.7 Å². The van der Waals surface area contributed by atoms with Gasteiger partial charge in [-0.25, -0.2) is 9.59 Å². The number of amides is 1. The van der Waals surface area contributed by atoms with E-state index in [0.29, 0.717) is 0 Å². The van der Waals surface area contributed by atoms with Crippen molar-refractivity contribution in [2.75, 3.05) is 21.3 Å². The maximum atomic E-state index is 13.2. The van der Waals surface area contributed by atoms with Crippen LogP contribution in [0.3, 0.4) is 0 Å². The molecule has 0 radical (unpaired) electrons. The van der Waals surface area contributed by atoms with E-state index in [4.69, 9.17) is 14.2 Å². The second-order valence-electron chi connectivity index (χ2n) is 8.88. The summed E-state index contributed by atoms with van der Waals surface area (Å²) in [5.74, 6) is -0.430. The highest BCUT2D eigenvalue weighted by molar-refractivity contribution is 6.91. The van der Waals surface area contributed by atoms with Crippen LogP contribution in [0.25, 0.3) is 0 Å². The van der Waals surface area contributed by atoms with Crippen LogP contribution in [0.2, 0.25) is 18.6 Å². The number of methoxy groups -OCH3 is 3. The molecule has 0 N–H and O–H groups in total. The van der Waals surface area contributed by atoms with Gasteiger partial charge in [-0.1, -0.05) is 85.9 Å². The second kappa shape index (κ2) is 9.88. The lowest BCUT2D eigenvalue weighted by atomic mass is 9.94. The zero-order valence-electron chi connectivity index (χ0n) is 19.6. The minimum Gasteiger partial charge on any atom is -0.467 e. The van der Waals surface area contributed by atoms with E-state index < -0.39 is 32.3 Å². The third-order valence-corrected chi connectivity index (χ3v) is 11.3. The van der Waals surface area contributed by atoms with Crippen molar-refractivity contribution in [2.24, 2.45) is 5.92 Å². The lowest BCUT2D eigenvalue weighted by Crippen LogP contribution is -2.57. The summed E-state index contributed by atoms with van der Waals surface area (Å²) in [6.07, 6.45) is -1.39. The Morgan fingerprint density at radius 3 is 1.97 bits per heavy atom. The monoisotopic (exact) mass is 455 g/mol. The Balaban J connectivity index is 2.24. The van der Waals surface area contributed by atoms with Crippen LogP contribution in [-0.4, -0.2) is 58.5 Å². The van der Waals surface area contributed by atoms with Gasteiger partial charge in [0.2, 0.25) is 0 Å². The first-order valence-corrected chi connectivity index (χ1v) is 13.9. The standard InChI is InChI=1S/C25H33NO5Si/c1-17-20(18-13-9-7-10-14-18)26(25(28)31-4)21(22(29-2)24(27)30-3)23(17)32(5,6)19-15-11-8-12-16-19/h7-17,20-23H,1-6H3/t17-,20-,21-,22+,23+/m1/s1. The van der Waals surface area contributed by atoms with Gasteiger partial charge in [0.1, 0.15) is 0 Å². The fourth-order valence-electron chi connectivity index (χ4n) is 5.54. The van der Waals surface area contributed by atoms with Gasteiger partial charge < -0.3 is 14.2 Å². The molecule has 6 nitrogen and oxygen atoms in total. The number of benzene rings is 2. The van der Waals surface area contributed by atoms with Gasteiger partial charge in [0, 0.05) is 7.11 Å². The number of esters is 1. The average Bonchev–Trinajstić information content (AvgIpc) is 3.13. The lowest BCUT2D eigenvalue weighted by molar-refractivity contribution is -0.155. The molecule has 0 aliphatic carbocycles. The maximum Gasteiger partial charge on any atom is 0.410 e. The predicted octanol–water partition coefficient (Wildman–Crippen LogP) is 3.99. The van der Waals surface area contributed by atoms with Gasteiger partial charge in [-0.2, -0.15) is 0 Å². The smallest absolute Gasteiger partial charge is 0.410 e. The van der Waals surface area contributed by atoms with Crippen LogP contribution in [0.4, 0.5) is 4.79 Å². The number of nitrogens with zero attached hydrogens (tertiary/aromatic N) is 1. The Hall–Kier alpha value is -2.64. The molecular formula is C25H33NO5Si. The Morgan fingerprint density at radius 2 is 1.47 bits per heavy atom. The zero-order chi connectivity index (χ0) is 23.5. The summed E-state index contributed by atoms with van der Waals surface area (Å²) in [5.41, 5.74) is 1.02. The van der Waals surface area contributed by atoms with Crippen LogP contribution in [0, 0.1) is 5.92 Å². The van der Waals surface area contributed by atoms with E-state index in [9.17, 15) is 9.59 Å². The summed E-state index contributed by atoms with van der Waals surface area (Å²) in [6, 6.07) is 19.5. The molecule has 0 saturated carbocycles. The maximum absolute atomic E-state index is 13.2. The first-order valence-electron chi connectivity index (χ1n) is 10.9. The van der Waals surface area contributed by atoms with E-state index >= 15 is 0 Å². The molecule has 0 aromatic heterocycles. The molecule has 0 unspecified atom stereocenters. The fraction of sp³-hybridized carbons (Fsp3) is 0.440. The fourth-order valence-corrected chi connectivity index (χ4v) is 9.67. The Labute approximate surface area is 191 Å². The quantitative estimate of drug-likeness (QED) is 0.487. The topological polar surface area (TPSA) is 65.1 Å². The van der Waals surface area contributed by atoms with Crippen molar-refractivity contribution in [3.63, 3.8) is 0 Å². The Morgan fingerprint density at radius 1 is 0.906 bits per heavy atom. The van der Waals surface area contributed by atoms with E-state index in [1.807, 2.05) is 48.5 Å². The van der Waals surface area contributed by atoms with Gasteiger partial charge >= 0.3 is 12.1 Å². The van der Waals surface area contributed by atoms with Crippen molar-refractivity contribution < 1.29 is 23.8 Å². The highest BCUT2D eigenvalue weighted by Crippen LogP contribution is 2.53. The SMILES string of the molecule is COC(=O)[C@@H](OC)[C@@H]1[C@@H]([Si](C)(C)c2ccccc2)[C@H](C)[C@H](c2ccccc2)N1C(=O)OC. The van der Waals surface area contributed by atoms with Crippen molar-refractivity contribution in [1.29, 1.82) is 0 Å². The molecule has 1 heterocycles. The molecule has 1 amide bonds. The van der Waals surface area contributed by atoms with Gasteiger partial charge in [-0.15, -0.1) is 0 Å². The number of carbonyl (C=O) groups excluding carboxylic acids is 2. The van der Waals surface area contributed by atoms with Gasteiger partial charge in [-0.3, -0.25) is 4.90 Å². The molecule has 1 aliphatic heterocycles. The molecule has 172 valence electrons. The van der Waals surface area contributed by atoms with E-state index in [0.717, 1.165) is 5.56 Å². The summed E-state index contributed by atoms with van der Waals surface area (Å²) >= 11 is 0. The summed E-state index contributed by atoms with van der Waals surface area (Å²) in [6.45, 7) is 6.76. The van der Waals surface area contributed by atoms with Gasteiger partial charge in [0.05, 0.1) is 34.4 Å². The van der Waals surface area contributed by atoms with Crippen LogP contribution in [0.5, 0.6) is 0 Å². The predicted molar refractivity (Wildman–Crippen MR) is 127 cm³/mol. The van der Waals surface area contributed by atoms with Gasteiger partial charge in [0.25, 0.3) is 0 Å². The molecule has 1 aliphatic rings. The van der Waals surface area contributed by atoms with Crippen LogP contribution in [0.1, 0.15) is 18.5 Å². The molecule has 3 rings (SSSR count). The Kier molecular flexibility index (Phi) is 7.41. The summed E-state index contributed by atoms with van der Waals surface area (Å²) < 4.78 is 16.0. The number of ether oxygens (including phenoxy) is 3. The normalized spacial score (nSPS) is 24.1. The molecule has 2 aromatic carbocycles. The van der Waals surface area contributed by atoms with Gasteiger partial charge in [0.15, 0.2) is 6.10 Å².